The van der Waals surface area contributed by atoms with Crippen LogP contribution in [0.4, 0.5) is 0 Å². The smallest absolute Gasteiger partial charge is 0.0892 e. The lowest BCUT2D eigenvalue weighted by atomic mass is 9.93. The first-order valence-corrected chi connectivity index (χ1v) is 4.56. The average Bonchev–Trinajstić information content (AvgIpc) is 2.65. The predicted molar refractivity (Wildman–Crippen MR) is 50.6 cm³/mol. The second-order valence-corrected chi connectivity index (χ2v) is 3.32. The first kappa shape index (κ1) is 7.00. The summed E-state index contributed by atoms with van der Waals surface area (Å²) < 4.78 is 0. The van der Waals surface area contributed by atoms with E-state index in [1.165, 1.54) is 11.4 Å². The lowest BCUT2D eigenvalue weighted by Gasteiger charge is -2.18. The molecule has 4 nitrogen and oxygen atoms in total. The maximum absolute atomic E-state index is 4.49. The molecule has 3 rings (SSSR count). The Balaban J connectivity index is 2.17. The van der Waals surface area contributed by atoms with Gasteiger partial charge in [-0.2, -0.15) is 5.10 Å². The van der Waals surface area contributed by atoms with Crippen LogP contribution in [-0.2, 0) is 6.42 Å². The molecule has 2 heterocycles. The number of aliphatic imine (C=N–C) groups is 2. The van der Waals surface area contributed by atoms with Crippen LogP contribution >= 0.6 is 0 Å². The molecule has 1 aliphatic carbocycles. The van der Waals surface area contributed by atoms with Gasteiger partial charge in [0.05, 0.1) is 30.7 Å². The van der Waals surface area contributed by atoms with Crippen molar-refractivity contribution in [2.75, 3.05) is 13.1 Å². The molecular formula is C9H10N4. The van der Waals surface area contributed by atoms with Crippen LogP contribution in [0.3, 0.4) is 0 Å². The van der Waals surface area contributed by atoms with Gasteiger partial charge in [0, 0.05) is 11.3 Å². The molecule has 0 unspecified atom stereocenters. The highest BCUT2D eigenvalue weighted by molar-refractivity contribution is 6.49. The first-order chi connectivity index (χ1) is 6.45. The van der Waals surface area contributed by atoms with Crippen molar-refractivity contribution in [2.24, 2.45) is 9.98 Å². The normalized spacial score (nSPS) is 20.0. The summed E-state index contributed by atoms with van der Waals surface area (Å²) in [6, 6.07) is 0. The largest absolute Gasteiger partial charge is 0.286 e. The van der Waals surface area contributed by atoms with Gasteiger partial charge in [-0.1, -0.05) is 0 Å². The van der Waals surface area contributed by atoms with Gasteiger partial charge in [-0.15, -0.1) is 0 Å². The summed E-state index contributed by atoms with van der Waals surface area (Å²) in [6.45, 7) is 1.68. The number of nitrogens with one attached hydrogen (secondary N) is 1. The summed E-state index contributed by atoms with van der Waals surface area (Å²) in [4.78, 5) is 8.96. The van der Waals surface area contributed by atoms with Crippen LogP contribution in [0.25, 0.3) is 0 Å². The highest BCUT2D eigenvalue weighted by atomic mass is 15.1. The minimum atomic E-state index is 0.823. The number of hydrogen-bond donors (Lipinski definition) is 1. The van der Waals surface area contributed by atoms with Crippen LogP contribution < -0.4 is 0 Å². The number of hydrogen-bond acceptors (Lipinski definition) is 3. The van der Waals surface area contributed by atoms with Crippen LogP contribution in [0.2, 0.25) is 0 Å². The van der Waals surface area contributed by atoms with E-state index in [9.17, 15) is 0 Å². The molecule has 13 heavy (non-hydrogen) atoms. The number of nitrogens with zero attached hydrogens (tertiary/aromatic N) is 3. The van der Waals surface area contributed by atoms with E-state index >= 15 is 0 Å². The third kappa shape index (κ3) is 0.946. The summed E-state index contributed by atoms with van der Waals surface area (Å²) in [6.07, 6.45) is 3.88. The third-order valence-corrected chi connectivity index (χ3v) is 2.53. The molecule has 1 aromatic heterocycles. The summed E-state index contributed by atoms with van der Waals surface area (Å²) in [5.74, 6) is 0. The van der Waals surface area contributed by atoms with Gasteiger partial charge >= 0.3 is 0 Å². The second kappa shape index (κ2) is 2.52. The van der Waals surface area contributed by atoms with Crippen LogP contribution in [-0.4, -0.2) is 34.7 Å². The van der Waals surface area contributed by atoms with E-state index in [1.54, 1.807) is 0 Å². The number of fused-ring (bicyclic) bond motifs is 3. The van der Waals surface area contributed by atoms with Gasteiger partial charge in [0.2, 0.25) is 0 Å². The van der Waals surface area contributed by atoms with Gasteiger partial charge in [0.25, 0.3) is 0 Å². The van der Waals surface area contributed by atoms with Crippen molar-refractivity contribution in [2.45, 2.75) is 12.8 Å². The van der Waals surface area contributed by atoms with E-state index in [0.717, 1.165) is 37.2 Å². The second-order valence-electron chi connectivity index (χ2n) is 3.32. The van der Waals surface area contributed by atoms with Gasteiger partial charge in [0.15, 0.2) is 0 Å². The van der Waals surface area contributed by atoms with Gasteiger partial charge < -0.3 is 0 Å². The first-order valence-electron chi connectivity index (χ1n) is 4.56. The lowest BCUT2D eigenvalue weighted by Crippen LogP contribution is -2.26. The van der Waals surface area contributed by atoms with E-state index in [4.69, 9.17) is 0 Å². The summed E-state index contributed by atoms with van der Waals surface area (Å²) in [5.41, 5.74) is 4.60. The molecule has 0 amide bonds. The van der Waals surface area contributed by atoms with Gasteiger partial charge in [0.1, 0.15) is 0 Å². The number of rotatable bonds is 0. The van der Waals surface area contributed by atoms with Crippen molar-refractivity contribution in [1.82, 2.24) is 10.2 Å². The molecule has 0 saturated carbocycles. The van der Waals surface area contributed by atoms with E-state index in [1.807, 2.05) is 6.20 Å². The monoisotopic (exact) mass is 174 g/mol. The van der Waals surface area contributed by atoms with Crippen molar-refractivity contribution in [1.29, 1.82) is 0 Å². The van der Waals surface area contributed by atoms with E-state index in [-0.39, 0.29) is 0 Å². The summed E-state index contributed by atoms with van der Waals surface area (Å²) in [7, 11) is 0. The maximum atomic E-state index is 4.49. The Morgan fingerprint density at radius 3 is 3.08 bits per heavy atom. The highest BCUT2D eigenvalue weighted by Gasteiger charge is 2.23. The van der Waals surface area contributed by atoms with Gasteiger partial charge in [-0.05, 0) is 12.8 Å². The number of aryl methyl sites for hydroxylation is 1. The van der Waals surface area contributed by atoms with Gasteiger partial charge in [-0.3, -0.25) is 15.1 Å². The molecular weight excluding hydrogens is 164 g/mol. The molecule has 0 saturated heterocycles. The molecule has 0 aromatic carbocycles. The molecule has 1 aliphatic heterocycles. The predicted octanol–water partition coefficient (Wildman–Crippen LogP) is 0.600. The quantitative estimate of drug-likeness (QED) is 0.615. The van der Waals surface area contributed by atoms with Crippen molar-refractivity contribution < 1.29 is 0 Å². The Hall–Kier alpha value is -1.45. The molecule has 0 atom stereocenters. The SMILES string of the molecule is c1n[nH]c2c1C1=NCCN=C1CC2. The Kier molecular flexibility index (Phi) is 1.36. The molecule has 0 fully saturated rings. The molecule has 0 spiro atoms. The van der Waals surface area contributed by atoms with Crippen LogP contribution in [0.5, 0.6) is 0 Å². The Morgan fingerprint density at radius 2 is 2.08 bits per heavy atom. The molecule has 0 bridgehead atoms. The standard InChI is InChI=1S/C9H10N4/c1-2-8-9(11-4-3-10-8)6-5-12-13-7(1)6/h5H,1-4H2,(H,12,13). The van der Waals surface area contributed by atoms with Crippen molar-refractivity contribution in [3.05, 3.63) is 17.5 Å². The summed E-state index contributed by atoms with van der Waals surface area (Å²) >= 11 is 0. The fourth-order valence-corrected chi connectivity index (χ4v) is 1.90. The lowest BCUT2D eigenvalue weighted by molar-refractivity contribution is 0.896. The van der Waals surface area contributed by atoms with Crippen LogP contribution in [0.15, 0.2) is 16.2 Å². The molecule has 0 radical (unpaired) electrons. The zero-order valence-corrected chi connectivity index (χ0v) is 7.25. The molecule has 4 heteroatoms. The van der Waals surface area contributed by atoms with Crippen LogP contribution in [0, 0.1) is 0 Å². The minimum absolute atomic E-state index is 0.823. The highest BCUT2D eigenvalue weighted by Crippen LogP contribution is 2.19. The van der Waals surface area contributed by atoms with Gasteiger partial charge in [-0.25, -0.2) is 0 Å². The molecule has 66 valence electrons. The molecule has 1 aromatic rings. The van der Waals surface area contributed by atoms with Crippen molar-refractivity contribution in [3.63, 3.8) is 0 Å². The van der Waals surface area contributed by atoms with E-state index in [0.29, 0.717) is 0 Å². The third-order valence-electron chi connectivity index (χ3n) is 2.53. The maximum Gasteiger partial charge on any atom is 0.0892 e. The number of aromatic amines is 1. The fourth-order valence-electron chi connectivity index (χ4n) is 1.90. The zero-order chi connectivity index (χ0) is 8.67. The topological polar surface area (TPSA) is 53.4 Å². The van der Waals surface area contributed by atoms with Crippen LogP contribution in [0.1, 0.15) is 17.7 Å². The van der Waals surface area contributed by atoms with E-state index in [2.05, 4.69) is 20.2 Å². The Morgan fingerprint density at radius 1 is 1.15 bits per heavy atom. The fraction of sp³-hybridized carbons (Fsp3) is 0.444. The van der Waals surface area contributed by atoms with Crippen molar-refractivity contribution in [3.8, 4) is 0 Å². The average molecular weight is 174 g/mol. The Labute approximate surface area is 75.8 Å². The number of H-pyrrole nitrogens is 1. The Bertz CT molecular complexity index is 400. The molecule has 2 aliphatic rings. The zero-order valence-electron chi connectivity index (χ0n) is 7.25. The van der Waals surface area contributed by atoms with E-state index < -0.39 is 0 Å². The van der Waals surface area contributed by atoms with Crippen molar-refractivity contribution >= 4 is 11.4 Å². The molecule has 1 N–H and O–H groups in total. The minimum Gasteiger partial charge on any atom is -0.286 e. The summed E-state index contributed by atoms with van der Waals surface area (Å²) in [5, 5.41) is 7.04. The number of aromatic nitrogens is 2.